The summed E-state index contributed by atoms with van der Waals surface area (Å²) in [6.45, 7) is 1.82. The van der Waals surface area contributed by atoms with Gasteiger partial charge in [-0.1, -0.05) is 11.6 Å². The maximum atomic E-state index is 11.7. The minimum atomic E-state index is -3.95. The van der Waals surface area contributed by atoms with Crippen molar-refractivity contribution >= 4 is 16.2 Å². The number of hydrogen-bond donors (Lipinski definition) is 0. The summed E-state index contributed by atoms with van der Waals surface area (Å²) in [6.07, 6.45) is 0. The van der Waals surface area contributed by atoms with Crippen LogP contribution in [0.15, 0.2) is 18.2 Å². The average Bonchev–Trinajstić information content (AvgIpc) is 2.16. The number of benzene rings is 1. The van der Waals surface area contributed by atoms with E-state index in [0.29, 0.717) is 4.31 Å². The van der Waals surface area contributed by atoms with Crippen LogP contribution >= 0.6 is 0 Å². The predicted molar refractivity (Wildman–Crippen MR) is 52.8 cm³/mol. The van der Waals surface area contributed by atoms with Crippen LogP contribution in [0.5, 0.6) is 5.75 Å². The van der Waals surface area contributed by atoms with Gasteiger partial charge >= 0.3 is 10.3 Å². The van der Waals surface area contributed by atoms with Gasteiger partial charge in [-0.3, -0.25) is 4.79 Å². The number of nitrogens with zero attached hydrogens (tertiary/aromatic N) is 1. The standard InChI is InChI=1S/C9H9NO4S/c1-6-3-4-8-7(5-6)9(11)10(2)15(12,13)14-8/h3-5H,1-2H3. The quantitative estimate of drug-likeness (QED) is 0.654. The Kier molecular flexibility index (Phi) is 1.97. The first kappa shape index (κ1) is 9.97. The van der Waals surface area contributed by atoms with Gasteiger partial charge in [-0.05, 0) is 19.1 Å². The van der Waals surface area contributed by atoms with E-state index in [-0.39, 0.29) is 11.3 Å². The molecule has 1 aromatic carbocycles. The van der Waals surface area contributed by atoms with E-state index in [1.54, 1.807) is 12.1 Å². The Hall–Kier alpha value is -1.56. The highest BCUT2D eigenvalue weighted by molar-refractivity contribution is 7.85. The molecular weight excluding hydrogens is 218 g/mol. The van der Waals surface area contributed by atoms with Gasteiger partial charge in [-0.2, -0.15) is 8.42 Å². The van der Waals surface area contributed by atoms with Crippen molar-refractivity contribution in [2.24, 2.45) is 0 Å². The number of amides is 1. The van der Waals surface area contributed by atoms with Crippen molar-refractivity contribution in [3.63, 3.8) is 0 Å². The summed E-state index contributed by atoms with van der Waals surface area (Å²) in [5.41, 5.74) is 1.14. The van der Waals surface area contributed by atoms with Crippen LogP contribution < -0.4 is 4.18 Å². The van der Waals surface area contributed by atoms with Gasteiger partial charge in [0.25, 0.3) is 5.91 Å². The molecule has 0 spiro atoms. The fourth-order valence-electron chi connectivity index (χ4n) is 1.32. The molecule has 0 fully saturated rings. The number of fused-ring (bicyclic) bond motifs is 1. The molecule has 1 aliphatic rings. The molecule has 0 aromatic heterocycles. The first-order valence-electron chi connectivity index (χ1n) is 4.25. The third kappa shape index (κ3) is 1.46. The largest absolute Gasteiger partial charge is 0.412 e. The van der Waals surface area contributed by atoms with Gasteiger partial charge in [0, 0.05) is 7.05 Å². The van der Waals surface area contributed by atoms with Crippen molar-refractivity contribution in [1.29, 1.82) is 0 Å². The molecule has 6 heteroatoms. The van der Waals surface area contributed by atoms with Gasteiger partial charge in [-0.25, -0.2) is 4.31 Å². The van der Waals surface area contributed by atoms with Crippen LogP contribution in [0.4, 0.5) is 0 Å². The van der Waals surface area contributed by atoms with Crippen molar-refractivity contribution in [1.82, 2.24) is 4.31 Å². The maximum absolute atomic E-state index is 11.7. The first-order chi connectivity index (χ1) is 6.92. The van der Waals surface area contributed by atoms with Crippen molar-refractivity contribution in [3.8, 4) is 5.75 Å². The highest BCUT2D eigenvalue weighted by Crippen LogP contribution is 2.28. The van der Waals surface area contributed by atoms with E-state index in [9.17, 15) is 13.2 Å². The number of carbonyl (C=O) groups is 1. The summed E-state index contributed by atoms with van der Waals surface area (Å²) in [4.78, 5) is 11.7. The molecule has 1 amide bonds. The summed E-state index contributed by atoms with van der Waals surface area (Å²) in [6, 6.07) is 4.77. The molecule has 0 radical (unpaired) electrons. The third-order valence-corrected chi connectivity index (χ3v) is 3.41. The smallest absolute Gasteiger partial charge is 0.366 e. The molecule has 0 bridgehead atoms. The Morgan fingerprint density at radius 2 is 2.00 bits per heavy atom. The zero-order valence-corrected chi connectivity index (χ0v) is 9.04. The van der Waals surface area contributed by atoms with E-state index >= 15 is 0 Å². The van der Waals surface area contributed by atoms with Crippen LogP contribution in [-0.2, 0) is 10.3 Å². The fourth-order valence-corrected chi connectivity index (χ4v) is 2.11. The SMILES string of the molecule is Cc1ccc2c(c1)C(=O)N(C)S(=O)(=O)O2. The Morgan fingerprint density at radius 3 is 2.67 bits per heavy atom. The number of hydrogen-bond acceptors (Lipinski definition) is 4. The fraction of sp³-hybridized carbons (Fsp3) is 0.222. The summed E-state index contributed by atoms with van der Waals surface area (Å²) < 4.78 is 28.0. The van der Waals surface area contributed by atoms with Gasteiger partial charge in [0.1, 0.15) is 0 Å². The van der Waals surface area contributed by atoms with Crippen LogP contribution in [0.25, 0.3) is 0 Å². The molecule has 80 valence electrons. The van der Waals surface area contributed by atoms with E-state index in [0.717, 1.165) is 5.56 Å². The zero-order chi connectivity index (χ0) is 11.2. The molecule has 0 saturated carbocycles. The van der Waals surface area contributed by atoms with Crippen LogP contribution in [0, 0.1) is 6.92 Å². The summed E-state index contributed by atoms with van der Waals surface area (Å²) in [5, 5.41) is 0. The van der Waals surface area contributed by atoms with Gasteiger partial charge in [0.2, 0.25) is 0 Å². The van der Waals surface area contributed by atoms with Crippen molar-refractivity contribution in [2.45, 2.75) is 6.92 Å². The first-order valence-corrected chi connectivity index (χ1v) is 5.61. The van der Waals surface area contributed by atoms with E-state index in [1.807, 2.05) is 6.92 Å². The van der Waals surface area contributed by atoms with Gasteiger partial charge in [0.05, 0.1) is 5.56 Å². The number of aryl methyl sites for hydroxylation is 1. The minimum Gasteiger partial charge on any atom is -0.366 e. The highest BCUT2D eigenvalue weighted by Gasteiger charge is 2.34. The summed E-state index contributed by atoms with van der Waals surface area (Å²) >= 11 is 0. The molecule has 0 atom stereocenters. The van der Waals surface area contributed by atoms with Gasteiger partial charge in [0.15, 0.2) is 5.75 Å². The average molecular weight is 227 g/mol. The second kappa shape index (κ2) is 2.96. The van der Waals surface area contributed by atoms with Crippen molar-refractivity contribution in [2.75, 3.05) is 7.05 Å². The maximum Gasteiger partial charge on any atom is 0.412 e. The number of carbonyl (C=O) groups excluding carboxylic acids is 1. The Labute approximate surface area is 87.5 Å². The molecule has 1 aromatic rings. The number of rotatable bonds is 0. The normalized spacial score (nSPS) is 18.3. The molecule has 2 rings (SSSR count). The molecule has 0 saturated heterocycles. The van der Waals surface area contributed by atoms with E-state index in [4.69, 9.17) is 4.18 Å². The van der Waals surface area contributed by atoms with Gasteiger partial charge in [-0.15, -0.1) is 0 Å². The topological polar surface area (TPSA) is 63.7 Å². The predicted octanol–water partition coefficient (Wildman–Crippen LogP) is 0.704. The molecule has 0 N–H and O–H groups in total. The minimum absolute atomic E-state index is 0.0868. The van der Waals surface area contributed by atoms with Gasteiger partial charge < -0.3 is 4.18 Å². The van der Waals surface area contributed by atoms with Crippen molar-refractivity contribution in [3.05, 3.63) is 29.3 Å². The highest BCUT2D eigenvalue weighted by atomic mass is 32.2. The third-order valence-electron chi connectivity index (χ3n) is 2.18. The lowest BCUT2D eigenvalue weighted by atomic mass is 10.1. The van der Waals surface area contributed by atoms with Crippen LogP contribution in [-0.4, -0.2) is 25.7 Å². The molecule has 0 unspecified atom stereocenters. The second-order valence-electron chi connectivity index (χ2n) is 3.31. The van der Waals surface area contributed by atoms with E-state index in [2.05, 4.69) is 0 Å². The Morgan fingerprint density at radius 1 is 1.33 bits per heavy atom. The lowest BCUT2D eigenvalue weighted by Gasteiger charge is -2.24. The zero-order valence-electron chi connectivity index (χ0n) is 8.22. The Balaban J connectivity index is 2.66. The summed E-state index contributed by atoms with van der Waals surface area (Å²) in [7, 11) is -2.78. The van der Waals surface area contributed by atoms with Crippen LogP contribution in [0.1, 0.15) is 15.9 Å². The van der Waals surface area contributed by atoms with Crippen molar-refractivity contribution < 1.29 is 17.4 Å². The Bertz CT molecular complexity index is 535. The van der Waals surface area contributed by atoms with Crippen LogP contribution in [0.3, 0.4) is 0 Å². The molecule has 15 heavy (non-hydrogen) atoms. The monoisotopic (exact) mass is 227 g/mol. The summed E-state index contributed by atoms with van der Waals surface area (Å²) in [5.74, 6) is -0.483. The molecular formula is C9H9NO4S. The van der Waals surface area contributed by atoms with Crippen LogP contribution in [0.2, 0.25) is 0 Å². The molecule has 5 nitrogen and oxygen atoms in total. The lowest BCUT2D eigenvalue weighted by Crippen LogP contribution is -2.40. The van der Waals surface area contributed by atoms with E-state index < -0.39 is 16.2 Å². The lowest BCUT2D eigenvalue weighted by molar-refractivity contribution is 0.0862. The molecule has 1 aliphatic heterocycles. The molecule has 0 aliphatic carbocycles. The van der Waals surface area contributed by atoms with E-state index in [1.165, 1.54) is 13.1 Å². The molecule has 1 heterocycles. The second-order valence-corrected chi connectivity index (χ2v) is 4.88.